The van der Waals surface area contributed by atoms with E-state index < -0.39 is 5.91 Å². The Kier molecular flexibility index (Phi) is 5.57. The summed E-state index contributed by atoms with van der Waals surface area (Å²) < 4.78 is 1.72. The Balaban J connectivity index is 1.76. The third kappa shape index (κ3) is 4.17. The molecule has 1 aromatic heterocycles. The van der Waals surface area contributed by atoms with Crippen LogP contribution in [0.1, 0.15) is 38.9 Å². The largest absolute Gasteiger partial charge is 0.366 e. The summed E-state index contributed by atoms with van der Waals surface area (Å²) in [5, 5.41) is 7.84. The monoisotopic (exact) mass is 382 g/mol. The highest BCUT2D eigenvalue weighted by atomic mass is 35.5. The number of hydrogen-bond donors (Lipinski definition) is 2. The fourth-order valence-electron chi connectivity index (χ4n) is 2.80. The van der Waals surface area contributed by atoms with Gasteiger partial charge >= 0.3 is 0 Å². The molecule has 0 saturated carbocycles. The first-order valence-corrected chi connectivity index (χ1v) is 8.87. The van der Waals surface area contributed by atoms with Crippen molar-refractivity contribution in [1.82, 2.24) is 15.1 Å². The lowest BCUT2D eigenvalue weighted by atomic mass is 10.1. The van der Waals surface area contributed by atoms with Crippen LogP contribution in [0, 0.1) is 0 Å². The van der Waals surface area contributed by atoms with Crippen molar-refractivity contribution < 1.29 is 9.59 Å². The molecule has 2 aromatic carbocycles. The minimum atomic E-state index is -0.480. The number of hydrogen-bond acceptors (Lipinski definition) is 3. The number of aromatic nitrogens is 2. The molecule has 0 aliphatic rings. The number of benzene rings is 2. The fraction of sp³-hybridized carbons (Fsp3) is 0.150. The third-order valence-electron chi connectivity index (χ3n) is 4.19. The second-order valence-electron chi connectivity index (χ2n) is 5.99. The van der Waals surface area contributed by atoms with Crippen LogP contribution in [0.4, 0.5) is 0 Å². The van der Waals surface area contributed by atoms with Gasteiger partial charge in [-0.1, -0.05) is 36.7 Å². The number of nitrogens with zero attached hydrogens (tertiary/aromatic N) is 2. The predicted octanol–water partition coefficient (Wildman–Crippen LogP) is 3.12. The molecule has 1 heterocycles. The number of primary amides is 1. The minimum absolute atomic E-state index is 0.209. The van der Waals surface area contributed by atoms with Crippen LogP contribution in [0.3, 0.4) is 0 Å². The molecule has 3 N–H and O–H groups in total. The van der Waals surface area contributed by atoms with E-state index in [1.165, 1.54) is 0 Å². The average Bonchev–Trinajstić information content (AvgIpc) is 3.10. The first-order valence-electron chi connectivity index (χ1n) is 8.49. The zero-order chi connectivity index (χ0) is 19.4. The molecule has 6 nitrogen and oxygen atoms in total. The van der Waals surface area contributed by atoms with Gasteiger partial charge in [-0.25, -0.2) is 4.68 Å². The van der Waals surface area contributed by atoms with Crippen molar-refractivity contribution in [2.24, 2.45) is 5.73 Å². The molecule has 3 aromatic rings. The fourth-order valence-corrected chi connectivity index (χ4v) is 2.98. The van der Waals surface area contributed by atoms with E-state index >= 15 is 0 Å². The van der Waals surface area contributed by atoms with Crippen LogP contribution < -0.4 is 11.1 Å². The number of nitrogens with two attached hydrogens (primary N) is 1. The molecule has 7 heteroatoms. The lowest BCUT2D eigenvalue weighted by molar-refractivity contribution is 0.0948. The van der Waals surface area contributed by atoms with E-state index in [1.54, 1.807) is 47.3 Å². The Morgan fingerprint density at radius 1 is 1.19 bits per heavy atom. The van der Waals surface area contributed by atoms with Gasteiger partial charge in [-0.2, -0.15) is 5.10 Å². The second kappa shape index (κ2) is 8.05. The summed E-state index contributed by atoms with van der Waals surface area (Å²) in [6.07, 6.45) is 2.20. The van der Waals surface area contributed by atoms with E-state index in [0.29, 0.717) is 29.1 Å². The molecule has 0 atom stereocenters. The quantitative estimate of drug-likeness (QED) is 0.686. The standard InChI is InChI=1S/C20H19ClN4O2/c1-2-18-17(12-24-25(18)16-5-3-4-15(21)10-16)20(27)23-11-13-6-8-14(9-7-13)19(22)26/h3-10,12H,2,11H2,1H3,(H2,22,26)(H,23,27). The number of carbonyl (C=O) groups is 2. The highest BCUT2D eigenvalue weighted by Crippen LogP contribution is 2.19. The van der Waals surface area contributed by atoms with Crippen molar-refractivity contribution in [3.05, 3.63) is 82.1 Å². The third-order valence-corrected chi connectivity index (χ3v) is 4.43. The molecule has 0 fully saturated rings. The van der Waals surface area contributed by atoms with Gasteiger partial charge in [0, 0.05) is 17.1 Å². The van der Waals surface area contributed by atoms with Crippen molar-refractivity contribution in [1.29, 1.82) is 0 Å². The highest BCUT2D eigenvalue weighted by Gasteiger charge is 2.17. The molecular formula is C20H19ClN4O2. The first-order chi connectivity index (χ1) is 13.0. The summed E-state index contributed by atoms with van der Waals surface area (Å²) in [5.74, 6) is -0.689. The van der Waals surface area contributed by atoms with Crippen LogP contribution in [0.2, 0.25) is 5.02 Å². The van der Waals surface area contributed by atoms with Gasteiger partial charge in [-0.15, -0.1) is 0 Å². The Morgan fingerprint density at radius 2 is 1.93 bits per heavy atom. The molecule has 27 heavy (non-hydrogen) atoms. The number of amides is 2. The van der Waals surface area contributed by atoms with Crippen molar-refractivity contribution >= 4 is 23.4 Å². The maximum Gasteiger partial charge on any atom is 0.255 e. The summed E-state index contributed by atoms with van der Waals surface area (Å²) in [6, 6.07) is 14.1. The van der Waals surface area contributed by atoms with Crippen LogP contribution in [-0.2, 0) is 13.0 Å². The average molecular weight is 383 g/mol. The van der Waals surface area contributed by atoms with Crippen LogP contribution >= 0.6 is 11.6 Å². The maximum absolute atomic E-state index is 12.6. The minimum Gasteiger partial charge on any atom is -0.366 e. The number of nitrogens with one attached hydrogen (secondary N) is 1. The van der Waals surface area contributed by atoms with Crippen LogP contribution in [0.15, 0.2) is 54.7 Å². The maximum atomic E-state index is 12.6. The van der Waals surface area contributed by atoms with Gasteiger partial charge in [0.05, 0.1) is 23.1 Å². The van der Waals surface area contributed by atoms with Gasteiger partial charge in [0.2, 0.25) is 5.91 Å². The predicted molar refractivity (Wildman–Crippen MR) is 104 cm³/mol. The molecule has 0 unspecified atom stereocenters. The number of carbonyl (C=O) groups excluding carboxylic acids is 2. The van der Waals surface area contributed by atoms with Crippen molar-refractivity contribution in [2.75, 3.05) is 0 Å². The van der Waals surface area contributed by atoms with E-state index in [1.807, 2.05) is 19.1 Å². The molecule has 0 radical (unpaired) electrons. The molecule has 0 bridgehead atoms. The van der Waals surface area contributed by atoms with Gasteiger partial charge < -0.3 is 11.1 Å². The molecule has 0 saturated heterocycles. The molecule has 3 rings (SSSR count). The highest BCUT2D eigenvalue weighted by molar-refractivity contribution is 6.30. The molecule has 2 amide bonds. The molecule has 0 spiro atoms. The Morgan fingerprint density at radius 3 is 2.56 bits per heavy atom. The topological polar surface area (TPSA) is 90.0 Å². The van der Waals surface area contributed by atoms with E-state index in [4.69, 9.17) is 17.3 Å². The summed E-state index contributed by atoms with van der Waals surface area (Å²) in [5.41, 5.74) is 8.66. The SMILES string of the molecule is CCc1c(C(=O)NCc2ccc(C(N)=O)cc2)cnn1-c1cccc(Cl)c1. The molecular weight excluding hydrogens is 364 g/mol. The summed E-state index contributed by atoms with van der Waals surface area (Å²) >= 11 is 6.06. The number of halogens is 1. The zero-order valence-corrected chi connectivity index (χ0v) is 15.5. The van der Waals surface area contributed by atoms with Gasteiger partial charge in [0.15, 0.2) is 0 Å². The van der Waals surface area contributed by atoms with E-state index in [2.05, 4.69) is 10.4 Å². The van der Waals surface area contributed by atoms with Gasteiger partial charge in [-0.05, 0) is 42.3 Å². The summed E-state index contributed by atoms with van der Waals surface area (Å²) in [7, 11) is 0. The Hall–Kier alpha value is -3.12. The van der Waals surface area contributed by atoms with Crippen molar-refractivity contribution in [3.63, 3.8) is 0 Å². The van der Waals surface area contributed by atoms with Crippen LogP contribution in [0.25, 0.3) is 5.69 Å². The molecule has 0 aliphatic carbocycles. The number of rotatable bonds is 6. The van der Waals surface area contributed by atoms with Crippen molar-refractivity contribution in [3.8, 4) is 5.69 Å². The van der Waals surface area contributed by atoms with Gasteiger partial charge in [-0.3, -0.25) is 9.59 Å². The zero-order valence-electron chi connectivity index (χ0n) is 14.8. The summed E-state index contributed by atoms with van der Waals surface area (Å²) in [6.45, 7) is 2.31. The van der Waals surface area contributed by atoms with E-state index in [9.17, 15) is 9.59 Å². The van der Waals surface area contributed by atoms with Gasteiger partial charge in [0.1, 0.15) is 0 Å². The smallest absolute Gasteiger partial charge is 0.255 e. The first kappa shape index (κ1) is 18.7. The second-order valence-corrected chi connectivity index (χ2v) is 6.43. The van der Waals surface area contributed by atoms with Gasteiger partial charge in [0.25, 0.3) is 5.91 Å². The Bertz CT molecular complexity index is 980. The normalized spacial score (nSPS) is 10.6. The lowest BCUT2D eigenvalue weighted by Crippen LogP contribution is -2.24. The Labute approximate surface area is 161 Å². The summed E-state index contributed by atoms with van der Waals surface area (Å²) in [4.78, 5) is 23.7. The van der Waals surface area contributed by atoms with E-state index in [0.717, 1.165) is 16.9 Å². The van der Waals surface area contributed by atoms with Crippen LogP contribution in [-0.4, -0.2) is 21.6 Å². The molecule has 138 valence electrons. The van der Waals surface area contributed by atoms with Crippen molar-refractivity contribution in [2.45, 2.75) is 19.9 Å². The van der Waals surface area contributed by atoms with Crippen LogP contribution in [0.5, 0.6) is 0 Å². The lowest BCUT2D eigenvalue weighted by Gasteiger charge is -2.09. The van der Waals surface area contributed by atoms with E-state index in [-0.39, 0.29) is 5.91 Å². The molecule has 0 aliphatic heterocycles.